The van der Waals surface area contributed by atoms with Gasteiger partial charge in [-0.1, -0.05) is 11.6 Å². The van der Waals surface area contributed by atoms with Gasteiger partial charge in [-0.2, -0.15) is 26.3 Å². The van der Waals surface area contributed by atoms with Crippen LogP contribution in [0.1, 0.15) is 29.3 Å². The molecule has 0 aliphatic heterocycles. The van der Waals surface area contributed by atoms with Crippen molar-refractivity contribution in [1.82, 2.24) is 4.98 Å². The van der Waals surface area contributed by atoms with E-state index in [9.17, 15) is 31.1 Å². The van der Waals surface area contributed by atoms with Crippen LogP contribution in [0.2, 0.25) is 5.02 Å². The number of carbonyl (C=O) groups is 1. The van der Waals surface area contributed by atoms with Gasteiger partial charge in [0.05, 0.1) is 16.1 Å². The summed E-state index contributed by atoms with van der Waals surface area (Å²) in [7, 11) is 0. The molecule has 3 rings (SSSR count). The number of aryl methyl sites for hydroxylation is 1. The predicted octanol–water partition coefficient (Wildman–Crippen LogP) is 7.26. The highest BCUT2D eigenvalue weighted by atomic mass is 35.5. The molecule has 0 saturated carbocycles. The standard InChI is InChI=1S/C21H14ClF6NO3/c1-9-10(2)29-16-8-14(21(26,27)28)18(7-13(16)19(9)31-11(3)30)32-17-5-4-12(6-15(17)22)20(23,24)25/h4-8H,1-3H3. The van der Waals surface area contributed by atoms with E-state index in [2.05, 4.69) is 4.98 Å². The Labute approximate surface area is 182 Å². The number of halogens is 7. The molecule has 170 valence electrons. The van der Waals surface area contributed by atoms with Crippen LogP contribution < -0.4 is 9.47 Å². The van der Waals surface area contributed by atoms with Crippen LogP contribution in [0.4, 0.5) is 26.3 Å². The fraction of sp³-hybridized carbons (Fsp3) is 0.238. The number of carbonyl (C=O) groups excluding carboxylic acids is 1. The van der Waals surface area contributed by atoms with E-state index < -0.39 is 46.0 Å². The van der Waals surface area contributed by atoms with Crippen molar-refractivity contribution in [1.29, 1.82) is 0 Å². The molecule has 4 nitrogen and oxygen atoms in total. The average molecular weight is 478 g/mol. The summed E-state index contributed by atoms with van der Waals surface area (Å²) in [6.07, 6.45) is -9.58. The van der Waals surface area contributed by atoms with Gasteiger partial charge < -0.3 is 9.47 Å². The summed E-state index contributed by atoms with van der Waals surface area (Å²) >= 11 is 5.83. The number of fused-ring (bicyclic) bond motifs is 1. The largest absolute Gasteiger partial charge is 0.455 e. The van der Waals surface area contributed by atoms with E-state index >= 15 is 0 Å². The fourth-order valence-corrected chi connectivity index (χ4v) is 3.15. The molecular weight excluding hydrogens is 464 g/mol. The van der Waals surface area contributed by atoms with E-state index in [1.165, 1.54) is 0 Å². The van der Waals surface area contributed by atoms with Gasteiger partial charge in [-0.25, -0.2) is 0 Å². The zero-order chi connectivity index (χ0) is 24.0. The SMILES string of the molecule is CC(=O)Oc1c(C)c(C)nc2cc(C(F)(F)F)c(Oc3ccc(C(F)(F)F)cc3Cl)cc12. The van der Waals surface area contributed by atoms with Gasteiger partial charge in [0.25, 0.3) is 0 Å². The van der Waals surface area contributed by atoms with Crippen LogP contribution in [0.15, 0.2) is 30.3 Å². The normalized spacial score (nSPS) is 12.2. The molecule has 2 aromatic carbocycles. The second-order valence-corrected chi connectivity index (χ2v) is 7.26. The molecular formula is C21H14ClF6NO3. The van der Waals surface area contributed by atoms with Crippen molar-refractivity contribution < 1.29 is 40.6 Å². The number of hydrogen-bond acceptors (Lipinski definition) is 4. The summed E-state index contributed by atoms with van der Waals surface area (Å²) < 4.78 is 90.1. The highest BCUT2D eigenvalue weighted by molar-refractivity contribution is 6.32. The maximum atomic E-state index is 13.7. The topological polar surface area (TPSA) is 48.4 Å². The number of hydrogen-bond donors (Lipinski definition) is 0. The van der Waals surface area contributed by atoms with Gasteiger partial charge in [-0.05, 0) is 44.2 Å². The van der Waals surface area contributed by atoms with E-state index in [4.69, 9.17) is 21.1 Å². The number of esters is 1. The van der Waals surface area contributed by atoms with Crippen molar-refractivity contribution in [2.45, 2.75) is 33.1 Å². The maximum Gasteiger partial charge on any atom is 0.420 e. The van der Waals surface area contributed by atoms with Crippen molar-refractivity contribution in [3.63, 3.8) is 0 Å². The number of nitrogens with zero attached hydrogens (tertiary/aromatic N) is 1. The first-order chi connectivity index (χ1) is 14.7. The molecule has 0 N–H and O–H groups in total. The zero-order valence-electron chi connectivity index (χ0n) is 16.7. The average Bonchev–Trinajstić information content (AvgIpc) is 2.65. The minimum Gasteiger partial charge on any atom is -0.455 e. The molecule has 0 radical (unpaired) electrons. The van der Waals surface area contributed by atoms with E-state index in [0.717, 1.165) is 19.1 Å². The maximum absolute atomic E-state index is 13.7. The van der Waals surface area contributed by atoms with Gasteiger partial charge in [-0.3, -0.25) is 9.78 Å². The summed E-state index contributed by atoms with van der Waals surface area (Å²) in [5.74, 6) is -1.87. The molecule has 0 atom stereocenters. The van der Waals surface area contributed by atoms with Crippen LogP contribution in [-0.4, -0.2) is 11.0 Å². The van der Waals surface area contributed by atoms with E-state index in [1.807, 2.05) is 0 Å². The van der Waals surface area contributed by atoms with Gasteiger partial charge in [-0.15, -0.1) is 0 Å². The summed E-state index contributed by atoms with van der Waals surface area (Å²) in [5.41, 5.74) is -1.66. The van der Waals surface area contributed by atoms with Crippen LogP contribution in [0, 0.1) is 13.8 Å². The second kappa shape index (κ2) is 8.16. The Morgan fingerprint density at radius 3 is 2.16 bits per heavy atom. The molecule has 0 spiro atoms. The van der Waals surface area contributed by atoms with E-state index in [0.29, 0.717) is 29.5 Å². The lowest BCUT2D eigenvalue weighted by molar-refractivity contribution is -0.138. The van der Waals surface area contributed by atoms with Gasteiger partial charge in [0.1, 0.15) is 22.8 Å². The fourth-order valence-electron chi connectivity index (χ4n) is 2.93. The van der Waals surface area contributed by atoms with Crippen molar-refractivity contribution in [3.05, 3.63) is 57.7 Å². The molecule has 0 fully saturated rings. The third-order valence-corrected chi connectivity index (χ3v) is 4.84. The molecule has 0 bridgehead atoms. The Bertz CT molecular complexity index is 1220. The van der Waals surface area contributed by atoms with Crippen LogP contribution in [0.5, 0.6) is 17.2 Å². The van der Waals surface area contributed by atoms with Crippen LogP contribution >= 0.6 is 11.6 Å². The Hall–Kier alpha value is -3.01. The first-order valence-corrected chi connectivity index (χ1v) is 9.31. The molecule has 0 saturated heterocycles. The highest BCUT2D eigenvalue weighted by Gasteiger charge is 2.36. The molecule has 0 aliphatic carbocycles. The quantitative estimate of drug-likeness (QED) is 0.294. The van der Waals surface area contributed by atoms with Gasteiger partial charge >= 0.3 is 18.3 Å². The number of pyridine rings is 1. The third-order valence-electron chi connectivity index (χ3n) is 4.54. The van der Waals surface area contributed by atoms with Gasteiger partial charge in [0.2, 0.25) is 0 Å². The number of aromatic nitrogens is 1. The highest BCUT2D eigenvalue weighted by Crippen LogP contribution is 2.44. The second-order valence-electron chi connectivity index (χ2n) is 6.85. The van der Waals surface area contributed by atoms with Gasteiger partial charge in [0, 0.05) is 23.6 Å². The molecule has 0 amide bonds. The predicted molar refractivity (Wildman–Crippen MR) is 104 cm³/mol. The minimum atomic E-state index is -4.88. The van der Waals surface area contributed by atoms with Crippen LogP contribution in [-0.2, 0) is 17.1 Å². The summed E-state index contributed by atoms with van der Waals surface area (Å²) in [6.45, 7) is 4.25. The summed E-state index contributed by atoms with van der Waals surface area (Å²) in [5, 5.41) is -0.485. The monoisotopic (exact) mass is 477 g/mol. The van der Waals surface area contributed by atoms with Crippen LogP contribution in [0.25, 0.3) is 10.9 Å². The first-order valence-electron chi connectivity index (χ1n) is 8.93. The summed E-state index contributed by atoms with van der Waals surface area (Å²) in [4.78, 5) is 15.6. The zero-order valence-corrected chi connectivity index (χ0v) is 17.5. The van der Waals surface area contributed by atoms with E-state index in [1.54, 1.807) is 13.8 Å². The molecule has 1 aromatic heterocycles. The number of rotatable bonds is 3. The van der Waals surface area contributed by atoms with Crippen molar-refractivity contribution in [2.75, 3.05) is 0 Å². The number of benzene rings is 2. The lowest BCUT2D eigenvalue weighted by Crippen LogP contribution is -2.10. The van der Waals surface area contributed by atoms with Crippen LogP contribution in [0.3, 0.4) is 0 Å². The van der Waals surface area contributed by atoms with Crippen molar-refractivity contribution >= 4 is 28.5 Å². The molecule has 0 aliphatic rings. The lowest BCUT2D eigenvalue weighted by atomic mass is 10.0. The smallest absolute Gasteiger partial charge is 0.420 e. The Morgan fingerprint density at radius 1 is 0.969 bits per heavy atom. The van der Waals surface area contributed by atoms with E-state index in [-0.39, 0.29) is 16.7 Å². The Kier molecular flexibility index (Phi) is 6.03. The van der Waals surface area contributed by atoms with Crippen molar-refractivity contribution in [3.8, 4) is 17.2 Å². The third kappa shape index (κ3) is 4.74. The first kappa shape index (κ1) is 23.6. The number of alkyl halides is 6. The van der Waals surface area contributed by atoms with Gasteiger partial charge in [0.15, 0.2) is 0 Å². The molecule has 0 unspecified atom stereocenters. The lowest BCUT2D eigenvalue weighted by Gasteiger charge is -2.18. The summed E-state index contributed by atoms with van der Waals surface area (Å²) in [6, 6.07) is 3.67. The minimum absolute atomic E-state index is 0.00269. The number of ether oxygens (including phenoxy) is 2. The molecule has 11 heteroatoms. The Balaban J connectivity index is 2.23. The molecule has 32 heavy (non-hydrogen) atoms. The molecule has 3 aromatic rings. The molecule has 1 heterocycles. The van der Waals surface area contributed by atoms with Crippen molar-refractivity contribution in [2.24, 2.45) is 0 Å². The Morgan fingerprint density at radius 2 is 1.62 bits per heavy atom.